The summed E-state index contributed by atoms with van der Waals surface area (Å²) in [4.78, 5) is 0. The summed E-state index contributed by atoms with van der Waals surface area (Å²) in [5.41, 5.74) is 0.956. The van der Waals surface area contributed by atoms with Crippen molar-refractivity contribution in [1.29, 1.82) is 0 Å². The average Bonchev–Trinajstić information content (AvgIpc) is 2.88. The minimum absolute atomic E-state index is 0.956. The summed E-state index contributed by atoms with van der Waals surface area (Å²) in [6, 6.07) is 14.7. The molecule has 3 aromatic carbocycles. The standard InChI is InChI=1S/C16H8Br2O/c17-9-1-3-11-13-5-6-19-16(13)12-4-2-10(18)8-15(12)14(11)7-9/h1-8H. The number of benzene rings is 3. The topological polar surface area (TPSA) is 13.1 Å². The molecule has 0 radical (unpaired) electrons. The van der Waals surface area contributed by atoms with Gasteiger partial charge in [-0.2, -0.15) is 0 Å². The maximum absolute atomic E-state index is 5.68. The fraction of sp³-hybridized carbons (Fsp3) is 0. The smallest absolute Gasteiger partial charge is 0.142 e. The normalized spacial score (nSPS) is 11.7. The van der Waals surface area contributed by atoms with Crippen molar-refractivity contribution in [2.75, 3.05) is 0 Å². The number of halogens is 2. The van der Waals surface area contributed by atoms with Gasteiger partial charge in [-0.3, -0.25) is 0 Å². The third kappa shape index (κ3) is 1.65. The first kappa shape index (κ1) is 11.5. The Morgan fingerprint density at radius 2 is 1.21 bits per heavy atom. The van der Waals surface area contributed by atoms with Crippen LogP contribution in [-0.4, -0.2) is 0 Å². The van der Waals surface area contributed by atoms with Crippen LogP contribution < -0.4 is 0 Å². The zero-order chi connectivity index (χ0) is 13.0. The van der Waals surface area contributed by atoms with Gasteiger partial charge in [-0.1, -0.05) is 37.9 Å². The largest absolute Gasteiger partial charge is 0.464 e. The van der Waals surface area contributed by atoms with Crippen LogP contribution in [0, 0.1) is 0 Å². The van der Waals surface area contributed by atoms with Crippen LogP contribution in [-0.2, 0) is 0 Å². The van der Waals surface area contributed by atoms with Crippen LogP contribution in [0.4, 0.5) is 0 Å². The monoisotopic (exact) mass is 374 g/mol. The zero-order valence-corrected chi connectivity index (χ0v) is 13.0. The second-order valence-electron chi connectivity index (χ2n) is 4.54. The predicted molar refractivity (Wildman–Crippen MR) is 86.6 cm³/mol. The van der Waals surface area contributed by atoms with Gasteiger partial charge in [0.1, 0.15) is 5.58 Å². The number of hydrogen-bond donors (Lipinski definition) is 0. The van der Waals surface area contributed by atoms with E-state index in [9.17, 15) is 0 Å². The third-order valence-corrected chi connectivity index (χ3v) is 4.44. The van der Waals surface area contributed by atoms with Gasteiger partial charge in [0.2, 0.25) is 0 Å². The molecule has 0 bridgehead atoms. The Hall–Kier alpha value is -1.32. The first-order valence-corrected chi connectivity index (χ1v) is 7.50. The van der Waals surface area contributed by atoms with Crippen molar-refractivity contribution in [3.8, 4) is 0 Å². The molecular formula is C16H8Br2O. The summed E-state index contributed by atoms with van der Waals surface area (Å²) >= 11 is 7.11. The maximum Gasteiger partial charge on any atom is 0.142 e. The van der Waals surface area contributed by atoms with E-state index in [-0.39, 0.29) is 0 Å². The minimum atomic E-state index is 0.956. The summed E-state index contributed by atoms with van der Waals surface area (Å²) in [6.45, 7) is 0. The van der Waals surface area contributed by atoms with E-state index in [0.29, 0.717) is 0 Å². The Morgan fingerprint density at radius 3 is 1.95 bits per heavy atom. The lowest BCUT2D eigenvalue weighted by Gasteiger charge is -2.07. The highest BCUT2D eigenvalue weighted by molar-refractivity contribution is 9.10. The van der Waals surface area contributed by atoms with Crippen molar-refractivity contribution < 1.29 is 4.42 Å². The summed E-state index contributed by atoms with van der Waals surface area (Å²) in [7, 11) is 0. The molecule has 92 valence electrons. The van der Waals surface area contributed by atoms with Gasteiger partial charge >= 0.3 is 0 Å². The van der Waals surface area contributed by atoms with Crippen molar-refractivity contribution >= 4 is 64.4 Å². The van der Waals surface area contributed by atoms with Crippen molar-refractivity contribution in [3.05, 3.63) is 57.7 Å². The second kappa shape index (κ2) is 4.09. The van der Waals surface area contributed by atoms with Gasteiger partial charge in [0, 0.05) is 19.7 Å². The lowest BCUT2D eigenvalue weighted by molar-refractivity contribution is 0.619. The summed E-state index contributed by atoms with van der Waals surface area (Å²) in [5, 5.41) is 5.97. The number of furan rings is 1. The fourth-order valence-corrected chi connectivity index (χ4v) is 3.36. The highest BCUT2D eigenvalue weighted by Crippen LogP contribution is 2.37. The van der Waals surface area contributed by atoms with Crippen LogP contribution in [0.2, 0.25) is 0 Å². The molecular weight excluding hydrogens is 368 g/mol. The van der Waals surface area contributed by atoms with Gasteiger partial charge < -0.3 is 4.42 Å². The minimum Gasteiger partial charge on any atom is -0.464 e. The quantitative estimate of drug-likeness (QED) is 0.330. The molecule has 1 heterocycles. The second-order valence-corrected chi connectivity index (χ2v) is 6.37. The van der Waals surface area contributed by atoms with Crippen molar-refractivity contribution in [1.82, 2.24) is 0 Å². The molecule has 0 aliphatic carbocycles. The van der Waals surface area contributed by atoms with Gasteiger partial charge in [0.05, 0.1) is 6.26 Å². The summed E-state index contributed by atoms with van der Waals surface area (Å²) < 4.78 is 7.85. The van der Waals surface area contributed by atoms with Crippen LogP contribution in [0.3, 0.4) is 0 Å². The van der Waals surface area contributed by atoms with Crippen LogP contribution in [0.15, 0.2) is 62.1 Å². The van der Waals surface area contributed by atoms with E-state index in [1.54, 1.807) is 6.26 Å². The van der Waals surface area contributed by atoms with Gasteiger partial charge in [-0.05, 0) is 52.6 Å². The lowest BCUT2D eigenvalue weighted by atomic mass is 9.99. The van der Waals surface area contributed by atoms with E-state index in [1.165, 1.54) is 16.2 Å². The van der Waals surface area contributed by atoms with E-state index < -0.39 is 0 Å². The molecule has 0 aliphatic heterocycles. The van der Waals surface area contributed by atoms with E-state index in [1.807, 2.05) is 12.1 Å². The van der Waals surface area contributed by atoms with Gasteiger partial charge in [0.15, 0.2) is 0 Å². The summed E-state index contributed by atoms with van der Waals surface area (Å²) in [5.74, 6) is 0. The molecule has 4 aromatic rings. The molecule has 0 amide bonds. The van der Waals surface area contributed by atoms with Gasteiger partial charge in [-0.25, -0.2) is 0 Å². The Bertz CT molecular complexity index is 862. The molecule has 0 atom stereocenters. The highest BCUT2D eigenvalue weighted by Gasteiger charge is 2.11. The first-order chi connectivity index (χ1) is 9.24. The molecule has 0 saturated heterocycles. The molecule has 0 saturated carbocycles. The van der Waals surface area contributed by atoms with Gasteiger partial charge in [-0.15, -0.1) is 0 Å². The van der Waals surface area contributed by atoms with Crippen LogP contribution in [0.1, 0.15) is 0 Å². The molecule has 1 nitrogen and oxygen atoms in total. The Kier molecular flexibility index (Phi) is 2.47. The SMILES string of the molecule is Brc1ccc2c(c1)c1cc(Br)ccc1c1occc21. The molecule has 4 rings (SSSR count). The fourth-order valence-electron chi connectivity index (χ4n) is 2.64. The van der Waals surface area contributed by atoms with E-state index in [0.717, 1.165) is 25.3 Å². The molecule has 0 unspecified atom stereocenters. The van der Waals surface area contributed by atoms with Crippen molar-refractivity contribution in [2.45, 2.75) is 0 Å². The van der Waals surface area contributed by atoms with Crippen LogP contribution in [0.5, 0.6) is 0 Å². The van der Waals surface area contributed by atoms with Crippen LogP contribution >= 0.6 is 31.9 Å². The lowest BCUT2D eigenvalue weighted by Crippen LogP contribution is -1.81. The number of fused-ring (bicyclic) bond motifs is 6. The molecule has 1 aromatic heterocycles. The highest BCUT2D eigenvalue weighted by atomic mass is 79.9. The van der Waals surface area contributed by atoms with Gasteiger partial charge in [0.25, 0.3) is 0 Å². The third-order valence-electron chi connectivity index (χ3n) is 3.45. The maximum atomic E-state index is 5.68. The van der Waals surface area contributed by atoms with Crippen molar-refractivity contribution in [3.63, 3.8) is 0 Å². The first-order valence-electron chi connectivity index (χ1n) is 5.92. The molecule has 0 N–H and O–H groups in total. The average molecular weight is 376 g/mol. The molecule has 0 spiro atoms. The molecule has 3 heteroatoms. The zero-order valence-electron chi connectivity index (χ0n) is 9.78. The molecule has 0 aliphatic rings. The number of rotatable bonds is 0. The van der Waals surface area contributed by atoms with E-state index in [4.69, 9.17) is 4.42 Å². The van der Waals surface area contributed by atoms with Crippen LogP contribution in [0.25, 0.3) is 32.5 Å². The van der Waals surface area contributed by atoms with E-state index >= 15 is 0 Å². The number of hydrogen-bond acceptors (Lipinski definition) is 1. The predicted octanol–water partition coefficient (Wildman–Crippen LogP) is 6.26. The molecule has 0 fully saturated rings. The Morgan fingerprint density at radius 1 is 0.632 bits per heavy atom. The van der Waals surface area contributed by atoms with Crippen molar-refractivity contribution in [2.24, 2.45) is 0 Å². The van der Waals surface area contributed by atoms with E-state index in [2.05, 4.69) is 62.2 Å². The molecule has 19 heavy (non-hydrogen) atoms. The Labute approximate surface area is 126 Å². The summed E-state index contributed by atoms with van der Waals surface area (Å²) in [6.07, 6.45) is 1.76. The Balaban J connectivity index is 2.41.